The molecule has 1 aliphatic heterocycles. The van der Waals surface area contributed by atoms with Crippen molar-refractivity contribution in [2.75, 3.05) is 39.1 Å². The summed E-state index contributed by atoms with van der Waals surface area (Å²) in [7, 11) is 1.29. The van der Waals surface area contributed by atoms with Crippen LogP contribution in [0.2, 0.25) is 10.0 Å². The van der Waals surface area contributed by atoms with Crippen LogP contribution in [0.3, 0.4) is 0 Å². The lowest BCUT2D eigenvalue weighted by Gasteiger charge is -2.33. The molecular formula is C25H32Cl2N4O5S2. The van der Waals surface area contributed by atoms with Crippen LogP contribution in [0.1, 0.15) is 36.3 Å². The number of thiazole rings is 1. The van der Waals surface area contributed by atoms with E-state index in [4.69, 9.17) is 32.7 Å². The van der Waals surface area contributed by atoms with Gasteiger partial charge in [-0.05, 0) is 30.0 Å². The van der Waals surface area contributed by atoms with Gasteiger partial charge >= 0.3 is 5.97 Å². The number of nitrogens with zero attached hydrogens (tertiary/aromatic N) is 2. The first kappa shape index (κ1) is 30.6. The van der Waals surface area contributed by atoms with E-state index in [1.807, 2.05) is 26.0 Å². The third kappa shape index (κ3) is 9.69. The van der Waals surface area contributed by atoms with Gasteiger partial charge in [-0.1, -0.05) is 54.9 Å². The predicted octanol–water partition coefficient (Wildman–Crippen LogP) is 3.88. The Kier molecular flexibility index (Phi) is 12.1. The number of carbonyl (C=O) groups is 3. The standard InChI is InChI=1S/C25H32Cl2N4O5S2/c1-15(2)8-20(24(34)35-3)29-23(33)21-13-37-25(30-21)38-14-22(32)28-10-17-12-31(6-7-36-17)11-16-4-5-18(26)19(27)9-16/h4-5,9,13,15,17,20H,6-8,10-12,14H2,1-3H3,(H,28,32)(H,29,33)/t17-,20-/m0/s1. The van der Waals surface area contributed by atoms with E-state index in [2.05, 4.69) is 20.5 Å². The predicted molar refractivity (Wildman–Crippen MR) is 150 cm³/mol. The molecule has 38 heavy (non-hydrogen) atoms. The fraction of sp³-hybridized carbons (Fsp3) is 0.520. The molecule has 1 aromatic carbocycles. The van der Waals surface area contributed by atoms with Crippen LogP contribution in [0.15, 0.2) is 27.9 Å². The van der Waals surface area contributed by atoms with Gasteiger partial charge in [-0.15, -0.1) is 11.3 Å². The Morgan fingerprint density at radius 2 is 2.08 bits per heavy atom. The number of ether oxygens (including phenoxy) is 2. The van der Waals surface area contributed by atoms with Crippen molar-refractivity contribution < 1.29 is 23.9 Å². The lowest BCUT2D eigenvalue weighted by atomic mass is 10.0. The number of hydrogen-bond acceptors (Lipinski definition) is 9. The summed E-state index contributed by atoms with van der Waals surface area (Å²) >= 11 is 14.6. The van der Waals surface area contributed by atoms with Crippen LogP contribution in [0.4, 0.5) is 0 Å². The summed E-state index contributed by atoms with van der Waals surface area (Å²) in [6, 6.07) is 4.87. The zero-order valence-corrected chi connectivity index (χ0v) is 24.6. The second kappa shape index (κ2) is 15.0. The Morgan fingerprint density at radius 1 is 1.29 bits per heavy atom. The van der Waals surface area contributed by atoms with Gasteiger partial charge in [-0.25, -0.2) is 9.78 Å². The second-order valence-electron chi connectivity index (χ2n) is 9.25. The molecule has 1 fully saturated rings. The van der Waals surface area contributed by atoms with E-state index in [9.17, 15) is 14.4 Å². The van der Waals surface area contributed by atoms with Crippen molar-refractivity contribution in [3.8, 4) is 0 Å². The zero-order chi connectivity index (χ0) is 27.7. The summed E-state index contributed by atoms with van der Waals surface area (Å²) in [6.45, 7) is 7.08. The molecule has 0 unspecified atom stereocenters. The SMILES string of the molecule is COC(=O)[C@H](CC(C)C)NC(=O)c1csc(SCC(=O)NC[C@H]2CN(Cc3ccc(Cl)c(Cl)c3)CCO2)n1. The van der Waals surface area contributed by atoms with Crippen molar-refractivity contribution >= 4 is 64.1 Å². The van der Waals surface area contributed by atoms with Crippen LogP contribution < -0.4 is 10.6 Å². The van der Waals surface area contributed by atoms with Gasteiger partial charge in [-0.2, -0.15) is 0 Å². The number of thioether (sulfide) groups is 1. The highest BCUT2D eigenvalue weighted by Crippen LogP contribution is 2.24. The quantitative estimate of drug-likeness (QED) is 0.278. The Morgan fingerprint density at radius 3 is 2.79 bits per heavy atom. The van der Waals surface area contributed by atoms with Gasteiger partial charge in [0.15, 0.2) is 4.34 Å². The van der Waals surface area contributed by atoms with E-state index in [0.29, 0.717) is 40.5 Å². The summed E-state index contributed by atoms with van der Waals surface area (Å²) in [5.74, 6) is -0.735. The molecule has 2 N–H and O–H groups in total. The van der Waals surface area contributed by atoms with Gasteiger partial charge in [0.2, 0.25) is 5.91 Å². The first-order valence-electron chi connectivity index (χ1n) is 12.2. The fourth-order valence-electron chi connectivity index (χ4n) is 3.84. The Labute approximate surface area is 240 Å². The van der Waals surface area contributed by atoms with E-state index in [1.54, 1.807) is 11.4 Å². The molecule has 2 atom stereocenters. The van der Waals surface area contributed by atoms with Gasteiger partial charge < -0.3 is 20.1 Å². The summed E-state index contributed by atoms with van der Waals surface area (Å²) in [6.07, 6.45) is 0.340. The first-order valence-corrected chi connectivity index (χ1v) is 14.8. The van der Waals surface area contributed by atoms with Crippen molar-refractivity contribution in [2.45, 2.75) is 43.3 Å². The number of benzene rings is 1. The molecule has 3 rings (SSSR count). The zero-order valence-electron chi connectivity index (χ0n) is 21.5. The highest BCUT2D eigenvalue weighted by atomic mass is 35.5. The number of aromatic nitrogens is 1. The Bertz CT molecular complexity index is 1120. The number of carbonyl (C=O) groups excluding carboxylic acids is 3. The summed E-state index contributed by atoms with van der Waals surface area (Å²) < 4.78 is 11.2. The number of esters is 1. The van der Waals surface area contributed by atoms with Gasteiger partial charge in [0, 0.05) is 31.6 Å². The number of nitrogens with one attached hydrogen (secondary N) is 2. The van der Waals surface area contributed by atoms with Gasteiger partial charge in [0.05, 0.1) is 35.6 Å². The number of halogens is 2. The number of hydrogen-bond donors (Lipinski definition) is 2. The largest absolute Gasteiger partial charge is 0.467 e. The maximum Gasteiger partial charge on any atom is 0.328 e. The summed E-state index contributed by atoms with van der Waals surface area (Å²) in [4.78, 5) is 43.5. The van der Waals surface area contributed by atoms with Gasteiger partial charge in [-0.3, -0.25) is 14.5 Å². The van der Waals surface area contributed by atoms with Crippen LogP contribution in [0.25, 0.3) is 0 Å². The summed E-state index contributed by atoms with van der Waals surface area (Å²) in [5, 5.41) is 8.27. The van der Waals surface area contributed by atoms with Crippen LogP contribution in [-0.4, -0.2) is 78.9 Å². The molecule has 13 heteroatoms. The smallest absolute Gasteiger partial charge is 0.328 e. The third-order valence-corrected chi connectivity index (χ3v) is 8.44. The average Bonchev–Trinajstić information content (AvgIpc) is 3.37. The van der Waals surface area contributed by atoms with E-state index >= 15 is 0 Å². The lowest BCUT2D eigenvalue weighted by molar-refractivity contribution is -0.143. The minimum Gasteiger partial charge on any atom is -0.467 e. The van der Waals surface area contributed by atoms with Crippen LogP contribution in [0.5, 0.6) is 0 Å². The van der Waals surface area contributed by atoms with Crippen LogP contribution in [-0.2, 0) is 25.6 Å². The molecule has 1 saturated heterocycles. The average molecular weight is 604 g/mol. The first-order chi connectivity index (χ1) is 18.1. The normalized spacial score (nSPS) is 16.7. The number of rotatable bonds is 12. The number of morpholine rings is 1. The third-order valence-electron chi connectivity index (χ3n) is 5.68. The highest BCUT2D eigenvalue weighted by Gasteiger charge is 2.25. The molecule has 0 aliphatic carbocycles. The molecule has 9 nitrogen and oxygen atoms in total. The highest BCUT2D eigenvalue weighted by molar-refractivity contribution is 8.01. The minimum atomic E-state index is -0.738. The van der Waals surface area contributed by atoms with Crippen LogP contribution in [0, 0.1) is 5.92 Å². The van der Waals surface area contributed by atoms with Crippen molar-refractivity contribution in [1.82, 2.24) is 20.5 Å². The van der Waals surface area contributed by atoms with E-state index in [1.165, 1.54) is 30.2 Å². The molecule has 0 bridgehead atoms. The minimum absolute atomic E-state index is 0.121. The van der Waals surface area contributed by atoms with Crippen molar-refractivity contribution in [3.63, 3.8) is 0 Å². The molecule has 0 radical (unpaired) electrons. The topological polar surface area (TPSA) is 110 Å². The molecular weight excluding hydrogens is 571 g/mol. The Hall–Kier alpha value is -1.89. The fourth-order valence-corrected chi connectivity index (χ4v) is 5.79. The summed E-state index contributed by atoms with van der Waals surface area (Å²) in [5.41, 5.74) is 1.27. The molecule has 1 aromatic heterocycles. The number of methoxy groups -OCH3 is 1. The second-order valence-corrected chi connectivity index (χ2v) is 12.1. The van der Waals surface area contributed by atoms with Gasteiger partial charge in [0.25, 0.3) is 5.91 Å². The van der Waals surface area contributed by atoms with Crippen LogP contribution >= 0.6 is 46.3 Å². The van der Waals surface area contributed by atoms with Gasteiger partial charge in [0.1, 0.15) is 11.7 Å². The molecule has 0 spiro atoms. The number of amides is 2. The maximum atomic E-state index is 12.6. The van der Waals surface area contributed by atoms with Crippen molar-refractivity contribution in [2.24, 2.45) is 5.92 Å². The molecule has 2 amide bonds. The van der Waals surface area contributed by atoms with E-state index < -0.39 is 17.9 Å². The molecule has 2 heterocycles. The maximum absolute atomic E-state index is 12.6. The monoisotopic (exact) mass is 602 g/mol. The molecule has 0 saturated carbocycles. The molecule has 208 valence electrons. The van der Waals surface area contributed by atoms with Crippen molar-refractivity contribution in [1.29, 1.82) is 0 Å². The Balaban J connectivity index is 1.41. The van der Waals surface area contributed by atoms with Crippen molar-refractivity contribution in [3.05, 3.63) is 44.9 Å². The lowest BCUT2D eigenvalue weighted by Crippen LogP contribution is -2.47. The molecule has 2 aromatic rings. The van der Waals surface area contributed by atoms with E-state index in [-0.39, 0.29) is 29.4 Å². The van der Waals surface area contributed by atoms with E-state index in [0.717, 1.165) is 18.7 Å². The molecule has 1 aliphatic rings.